The molecule has 98 valence electrons. The normalized spacial score (nSPS) is 10.3. The predicted molar refractivity (Wildman–Crippen MR) is 82.0 cm³/mol. The first-order chi connectivity index (χ1) is 8.99. The Bertz CT molecular complexity index is 626. The van der Waals surface area contributed by atoms with Gasteiger partial charge in [0.1, 0.15) is 10.8 Å². The van der Waals surface area contributed by atoms with Gasteiger partial charge in [-0.05, 0) is 30.3 Å². The Balaban J connectivity index is 2.49. The number of anilines is 2. The lowest BCUT2D eigenvalue weighted by Gasteiger charge is -2.13. The first kappa shape index (κ1) is 14.1. The molecule has 2 rings (SSSR count). The van der Waals surface area contributed by atoms with Crippen molar-refractivity contribution in [3.63, 3.8) is 0 Å². The van der Waals surface area contributed by atoms with Gasteiger partial charge in [0, 0.05) is 10.6 Å². The van der Waals surface area contributed by atoms with Gasteiger partial charge in [0.2, 0.25) is 0 Å². The molecule has 0 radical (unpaired) electrons. The SMILES string of the molecule is NC(=S)c1ccc(Cl)cc1Nc1c(F)cccc1Cl. The molecule has 0 heterocycles. The molecule has 2 nitrogen and oxygen atoms in total. The van der Waals surface area contributed by atoms with Crippen LogP contribution in [0.2, 0.25) is 10.0 Å². The van der Waals surface area contributed by atoms with Crippen LogP contribution in [0.1, 0.15) is 5.56 Å². The number of halogens is 3. The summed E-state index contributed by atoms with van der Waals surface area (Å²) in [5.41, 5.74) is 6.85. The van der Waals surface area contributed by atoms with Gasteiger partial charge in [-0.3, -0.25) is 0 Å². The van der Waals surface area contributed by atoms with Gasteiger partial charge in [-0.2, -0.15) is 0 Å². The summed E-state index contributed by atoms with van der Waals surface area (Å²) in [6.45, 7) is 0. The molecule has 0 spiro atoms. The third-order valence-electron chi connectivity index (χ3n) is 2.47. The fourth-order valence-electron chi connectivity index (χ4n) is 1.59. The van der Waals surface area contributed by atoms with Crippen molar-refractivity contribution in [1.82, 2.24) is 0 Å². The molecular weight excluding hydrogens is 306 g/mol. The van der Waals surface area contributed by atoms with Crippen LogP contribution >= 0.6 is 35.4 Å². The third-order valence-corrected chi connectivity index (χ3v) is 3.24. The molecule has 0 fully saturated rings. The molecule has 0 saturated heterocycles. The Morgan fingerprint density at radius 3 is 2.58 bits per heavy atom. The fourth-order valence-corrected chi connectivity index (χ4v) is 2.15. The van der Waals surface area contributed by atoms with E-state index in [9.17, 15) is 4.39 Å². The van der Waals surface area contributed by atoms with Crippen molar-refractivity contribution in [2.75, 3.05) is 5.32 Å². The van der Waals surface area contributed by atoms with E-state index >= 15 is 0 Å². The zero-order valence-electron chi connectivity index (χ0n) is 9.58. The van der Waals surface area contributed by atoms with Crippen LogP contribution < -0.4 is 11.1 Å². The van der Waals surface area contributed by atoms with E-state index < -0.39 is 5.82 Å². The maximum atomic E-state index is 13.7. The van der Waals surface area contributed by atoms with Gasteiger partial charge in [-0.15, -0.1) is 0 Å². The number of nitrogens with two attached hydrogens (primary N) is 1. The van der Waals surface area contributed by atoms with Crippen LogP contribution in [0.15, 0.2) is 36.4 Å². The van der Waals surface area contributed by atoms with Gasteiger partial charge < -0.3 is 11.1 Å². The van der Waals surface area contributed by atoms with E-state index in [1.807, 2.05) is 0 Å². The van der Waals surface area contributed by atoms with Crippen LogP contribution in [0.5, 0.6) is 0 Å². The molecule has 0 bridgehead atoms. The number of nitrogens with one attached hydrogen (secondary N) is 1. The van der Waals surface area contributed by atoms with Gasteiger partial charge in [0.25, 0.3) is 0 Å². The Hall–Kier alpha value is -1.36. The van der Waals surface area contributed by atoms with Gasteiger partial charge in [-0.25, -0.2) is 4.39 Å². The molecule has 0 saturated carbocycles. The number of para-hydroxylation sites is 1. The van der Waals surface area contributed by atoms with Crippen molar-refractivity contribution in [3.05, 3.63) is 57.8 Å². The minimum Gasteiger partial charge on any atom is -0.389 e. The van der Waals surface area contributed by atoms with Gasteiger partial charge in [0.15, 0.2) is 0 Å². The van der Waals surface area contributed by atoms with E-state index in [1.54, 1.807) is 24.3 Å². The van der Waals surface area contributed by atoms with Crippen LogP contribution in [0, 0.1) is 5.82 Å². The fraction of sp³-hybridized carbons (Fsp3) is 0. The minimum atomic E-state index is -0.471. The summed E-state index contributed by atoms with van der Waals surface area (Å²) in [4.78, 5) is 0.187. The second kappa shape index (κ2) is 5.74. The molecule has 0 aliphatic rings. The third kappa shape index (κ3) is 3.15. The number of hydrogen-bond acceptors (Lipinski definition) is 2. The summed E-state index contributed by atoms with van der Waals surface area (Å²) >= 11 is 16.8. The molecule has 0 atom stereocenters. The van der Waals surface area contributed by atoms with Crippen LogP contribution in [0.25, 0.3) is 0 Å². The summed E-state index contributed by atoms with van der Waals surface area (Å²) in [6.07, 6.45) is 0. The summed E-state index contributed by atoms with van der Waals surface area (Å²) in [5.74, 6) is -0.471. The van der Waals surface area contributed by atoms with Crippen molar-refractivity contribution in [3.8, 4) is 0 Å². The maximum absolute atomic E-state index is 13.7. The lowest BCUT2D eigenvalue weighted by Crippen LogP contribution is -2.12. The van der Waals surface area contributed by atoms with E-state index in [4.69, 9.17) is 41.2 Å². The van der Waals surface area contributed by atoms with Crippen LogP contribution in [0.4, 0.5) is 15.8 Å². The Labute approximate surface area is 125 Å². The molecule has 3 N–H and O–H groups in total. The molecule has 0 amide bonds. The summed E-state index contributed by atoms with van der Waals surface area (Å²) < 4.78 is 13.7. The summed E-state index contributed by atoms with van der Waals surface area (Å²) in [6, 6.07) is 9.34. The average molecular weight is 315 g/mol. The van der Waals surface area contributed by atoms with Crippen molar-refractivity contribution < 1.29 is 4.39 Å². The average Bonchev–Trinajstić information content (AvgIpc) is 2.33. The molecule has 0 aliphatic heterocycles. The standard InChI is InChI=1S/C13H9Cl2FN2S/c14-7-4-5-8(13(17)19)11(6-7)18-12-9(15)2-1-3-10(12)16/h1-6,18H,(H2,17,19). The Kier molecular flexibility index (Phi) is 4.24. The van der Waals surface area contributed by atoms with Gasteiger partial charge in [-0.1, -0.05) is 41.5 Å². The summed E-state index contributed by atoms with van der Waals surface area (Å²) in [7, 11) is 0. The molecule has 2 aromatic carbocycles. The highest BCUT2D eigenvalue weighted by Gasteiger charge is 2.11. The molecular formula is C13H9Cl2FN2S. The topological polar surface area (TPSA) is 38.0 Å². The molecule has 19 heavy (non-hydrogen) atoms. The van der Waals surface area contributed by atoms with E-state index in [0.29, 0.717) is 16.3 Å². The quantitative estimate of drug-likeness (QED) is 0.819. The lowest BCUT2D eigenvalue weighted by molar-refractivity contribution is 0.632. The monoisotopic (exact) mass is 314 g/mol. The Morgan fingerprint density at radius 2 is 1.95 bits per heavy atom. The second-order valence-electron chi connectivity index (χ2n) is 3.78. The van der Waals surface area contributed by atoms with E-state index in [0.717, 1.165) is 0 Å². The minimum absolute atomic E-state index is 0.156. The highest BCUT2D eigenvalue weighted by molar-refractivity contribution is 7.80. The van der Waals surface area contributed by atoms with E-state index in [2.05, 4.69) is 5.32 Å². The first-order valence-corrected chi connectivity index (χ1v) is 6.46. The largest absolute Gasteiger partial charge is 0.389 e. The van der Waals surface area contributed by atoms with Crippen molar-refractivity contribution in [2.24, 2.45) is 5.73 Å². The molecule has 0 aromatic heterocycles. The van der Waals surface area contributed by atoms with Crippen molar-refractivity contribution in [1.29, 1.82) is 0 Å². The lowest BCUT2D eigenvalue weighted by atomic mass is 10.1. The van der Waals surface area contributed by atoms with Crippen LogP contribution in [-0.4, -0.2) is 4.99 Å². The number of thiocarbonyl (C=S) groups is 1. The van der Waals surface area contributed by atoms with Gasteiger partial charge >= 0.3 is 0 Å². The van der Waals surface area contributed by atoms with E-state index in [1.165, 1.54) is 12.1 Å². The van der Waals surface area contributed by atoms with Gasteiger partial charge in [0.05, 0.1) is 16.4 Å². The van der Waals surface area contributed by atoms with E-state index in [-0.39, 0.29) is 15.7 Å². The second-order valence-corrected chi connectivity index (χ2v) is 5.06. The molecule has 6 heteroatoms. The number of hydrogen-bond donors (Lipinski definition) is 2. The first-order valence-electron chi connectivity index (χ1n) is 5.29. The highest BCUT2D eigenvalue weighted by Crippen LogP contribution is 2.31. The smallest absolute Gasteiger partial charge is 0.148 e. The highest BCUT2D eigenvalue weighted by atomic mass is 35.5. The Morgan fingerprint density at radius 1 is 1.21 bits per heavy atom. The van der Waals surface area contributed by atoms with Crippen LogP contribution in [0.3, 0.4) is 0 Å². The van der Waals surface area contributed by atoms with Crippen LogP contribution in [-0.2, 0) is 0 Å². The zero-order chi connectivity index (χ0) is 14.0. The predicted octanol–water partition coefficient (Wildman–Crippen LogP) is 4.51. The molecule has 2 aromatic rings. The zero-order valence-corrected chi connectivity index (χ0v) is 11.9. The van der Waals surface area contributed by atoms with Crippen molar-refractivity contribution >= 4 is 51.8 Å². The summed E-state index contributed by atoms with van der Waals surface area (Å²) in [5, 5.41) is 3.61. The number of benzene rings is 2. The van der Waals surface area contributed by atoms with Crippen molar-refractivity contribution in [2.45, 2.75) is 0 Å². The molecule has 0 aliphatic carbocycles. The number of rotatable bonds is 3. The molecule has 0 unspecified atom stereocenters. The maximum Gasteiger partial charge on any atom is 0.148 e.